The number of methoxy groups -OCH3 is 1. The molecule has 1 saturated carbocycles. The molecule has 1 amide bonds. The van der Waals surface area contributed by atoms with Crippen LogP contribution in [0.3, 0.4) is 0 Å². The maximum absolute atomic E-state index is 12.1. The van der Waals surface area contributed by atoms with Gasteiger partial charge < -0.3 is 10.1 Å². The van der Waals surface area contributed by atoms with Crippen LogP contribution in [0.15, 0.2) is 0 Å². The van der Waals surface area contributed by atoms with Crippen molar-refractivity contribution in [3.05, 3.63) is 15.6 Å². The Labute approximate surface area is 105 Å². The van der Waals surface area contributed by atoms with Gasteiger partial charge in [-0.25, -0.2) is 4.98 Å². The van der Waals surface area contributed by atoms with E-state index in [1.54, 1.807) is 7.11 Å². The molecule has 0 atom stereocenters. The van der Waals surface area contributed by atoms with Crippen molar-refractivity contribution in [1.82, 2.24) is 10.3 Å². The van der Waals surface area contributed by atoms with E-state index in [-0.39, 0.29) is 5.91 Å². The molecule has 94 valence electrons. The number of aryl methyl sites for hydroxylation is 1. The van der Waals surface area contributed by atoms with E-state index in [9.17, 15) is 4.79 Å². The summed E-state index contributed by atoms with van der Waals surface area (Å²) in [7, 11) is 1.63. The predicted molar refractivity (Wildman–Crippen MR) is 67.3 cm³/mol. The van der Waals surface area contributed by atoms with Crippen LogP contribution in [0.4, 0.5) is 0 Å². The molecule has 1 aliphatic carbocycles. The monoisotopic (exact) mass is 254 g/mol. The number of rotatable bonds is 4. The minimum atomic E-state index is 0.0225. The number of carbonyl (C=O) groups excluding carboxylic acids is 1. The SMILES string of the molecule is COCc1nc(C)c(C(=O)NC2CCCC2)s1. The number of hydrogen-bond donors (Lipinski definition) is 1. The lowest BCUT2D eigenvalue weighted by Gasteiger charge is -2.10. The van der Waals surface area contributed by atoms with E-state index in [0.717, 1.165) is 28.4 Å². The Kier molecular flexibility index (Phi) is 4.12. The van der Waals surface area contributed by atoms with Gasteiger partial charge in [0.2, 0.25) is 0 Å². The normalized spacial score (nSPS) is 16.4. The Balaban J connectivity index is 2.02. The van der Waals surface area contributed by atoms with E-state index in [4.69, 9.17) is 4.74 Å². The van der Waals surface area contributed by atoms with Crippen molar-refractivity contribution in [3.63, 3.8) is 0 Å². The summed E-state index contributed by atoms with van der Waals surface area (Å²) in [6.45, 7) is 2.35. The Morgan fingerprint density at radius 1 is 1.53 bits per heavy atom. The molecule has 1 aliphatic rings. The van der Waals surface area contributed by atoms with Gasteiger partial charge in [-0.05, 0) is 19.8 Å². The molecule has 0 radical (unpaired) electrons. The van der Waals surface area contributed by atoms with Gasteiger partial charge >= 0.3 is 0 Å². The minimum absolute atomic E-state index is 0.0225. The van der Waals surface area contributed by atoms with Crippen molar-refractivity contribution in [2.45, 2.75) is 45.3 Å². The molecule has 4 nitrogen and oxygen atoms in total. The second-order valence-electron chi connectivity index (χ2n) is 4.41. The first-order valence-electron chi connectivity index (χ1n) is 5.97. The van der Waals surface area contributed by atoms with Crippen molar-refractivity contribution in [2.75, 3.05) is 7.11 Å². The van der Waals surface area contributed by atoms with Gasteiger partial charge in [0, 0.05) is 13.2 Å². The fraction of sp³-hybridized carbons (Fsp3) is 0.667. The van der Waals surface area contributed by atoms with Crippen LogP contribution in [0.25, 0.3) is 0 Å². The van der Waals surface area contributed by atoms with Crippen molar-refractivity contribution in [1.29, 1.82) is 0 Å². The first kappa shape index (κ1) is 12.5. The molecule has 0 bridgehead atoms. The van der Waals surface area contributed by atoms with Crippen LogP contribution in [0.2, 0.25) is 0 Å². The summed E-state index contributed by atoms with van der Waals surface area (Å²) in [6, 6.07) is 0.356. The van der Waals surface area contributed by atoms with Gasteiger partial charge in [0.05, 0.1) is 12.3 Å². The first-order valence-corrected chi connectivity index (χ1v) is 6.78. The fourth-order valence-corrected chi connectivity index (χ4v) is 3.11. The summed E-state index contributed by atoms with van der Waals surface area (Å²) in [6.07, 6.45) is 4.66. The maximum atomic E-state index is 12.1. The number of amides is 1. The summed E-state index contributed by atoms with van der Waals surface area (Å²) < 4.78 is 5.03. The quantitative estimate of drug-likeness (QED) is 0.896. The van der Waals surface area contributed by atoms with Crippen LogP contribution >= 0.6 is 11.3 Å². The minimum Gasteiger partial charge on any atom is -0.378 e. The lowest BCUT2D eigenvalue weighted by atomic mass is 10.2. The molecule has 1 N–H and O–H groups in total. The van der Waals surface area contributed by atoms with Crippen LogP contribution in [-0.4, -0.2) is 24.0 Å². The molecule has 1 heterocycles. The number of ether oxygens (including phenoxy) is 1. The van der Waals surface area contributed by atoms with E-state index >= 15 is 0 Å². The third-order valence-electron chi connectivity index (χ3n) is 3.01. The van der Waals surface area contributed by atoms with Gasteiger partial charge in [-0.15, -0.1) is 11.3 Å². The van der Waals surface area contributed by atoms with Crippen LogP contribution in [0, 0.1) is 6.92 Å². The highest BCUT2D eigenvalue weighted by atomic mass is 32.1. The average Bonchev–Trinajstić information content (AvgIpc) is 2.88. The number of aromatic nitrogens is 1. The van der Waals surface area contributed by atoms with E-state index in [0.29, 0.717) is 12.6 Å². The van der Waals surface area contributed by atoms with Crippen LogP contribution in [0.5, 0.6) is 0 Å². The second kappa shape index (κ2) is 5.60. The Hall–Kier alpha value is -0.940. The summed E-state index contributed by atoms with van der Waals surface area (Å²) in [5.41, 5.74) is 0.803. The molecule has 0 aromatic carbocycles. The smallest absolute Gasteiger partial charge is 0.263 e. The van der Waals surface area contributed by atoms with Crippen molar-refractivity contribution < 1.29 is 9.53 Å². The van der Waals surface area contributed by atoms with E-state index in [1.807, 2.05) is 6.92 Å². The zero-order valence-corrected chi connectivity index (χ0v) is 11.1. The predicted octanol–water partition coefficient (Wildman–Crippen LogP) is 2.27. The highest BCUT2D eigenvalue weighted by Crippen LogP contribution is 2.21. The lowest BCUT2D eigenvalue weighted by Crippen LogP contribution is -2.32. The summed E-state index contributed by atoms with van der Waals surface area (Å²) >= 11 is 1.43. The van der Waals surface area contributed by atoms with Gasteiger partial charge in [0.25, 0.3) is 5.91 Å². The summed E-state index contributed by atoms with van der Waals surface area (Å²) in [5, 5.41) is 3.94. The molecular weight excluding hydrogens is 236 g/mol. The van der Waals surface area contributed by atoms with Gasteiger partial charge in [-0.2, -0.15) is 0 Å². The van der Waals surface area contributed by atoms with Gasteiger partial charge in [0.15, 0.2) is 0 Å². The highest BCUT2D eigenvalue weighted by Gasteiger charge is 2.21. The molecule has 17 heavy (non-hydrogen) atoms. The summed E-state index contributed by atoms with van der Waals surface area (Å²) in [5.74, 6) is 0.0225. The topological polar surface area (TPSA) is 51.2 Å². The molecule has 0 spiro atoms. The van der Waals surface area contributed by atoms with Crippen molar-refractivity contribution >= 4 is 17.2 Å². The number of hydrogen-bond acceptors (Lipinski definition) is 4. The number of thiazole rings is 1. The Bertz CT molecular complexity index is 397. The fourth-order valence-electron chi connectivity index (χ4n) is 2.17. The highest BCUT2D eigenvalue weighted by molar-refractivity contribution is 7.13. The average molecular weight is 254 g/mol. The third-order valence-corrected chi connectivity index (χ3v) is 4.14. The largest absolute Gasteiger partial charge is 0.378 e. The van der Waals surface area contributed by atoms with E-state index in [2.05, 4.69) is 10.3 Å². The molecule has 1 aromatic rings. The van der Waals surface area contributed by atoms with Crippen molar-refractivity contribution in [2.24, 2.45) is 0 Å². The number of nitrogens with one attached hydrogen (secondary N) is 1. The van der Waals surface area contributed by atoms with Gasteiger partial charge in [-0.1, -0.05) is 12.8 Å². The zero-order valence-electron chi connectivity index (χ0n) is 10.3. The molecule has 0 unspecified atom stereocenters. The van der Waals surface area contributed by atoms with Gasteiger partial charge in [0.1, 0.15) is 9.88 Å². The van der Waals surface area contributed by atoms with E-state index < -0.39 is 0 Å². The summed E-state index contributed by atoms with van der Waals surface area (Å²) in [4.78, 5) is 17.1. The van der Waals surface area contributed by atoms with Gasteiger partial charge in [-0.3, -0.25) is 4.79 Å². The lowest BCUT2D eigenvalue weighted by molar-refractivity contribution is 0.0941. The van der Waals surface area contributed by atoms with Crippen molar-refractivity contribution in [3.8, 4) is 0 Å². The van der Waals surface area contributed by atoms with E-state index in [1.165, 1.54) is 24.2 Å². The van der Waals surface area contributed by atoms with Crippen LogP contribution < -0.4 is 5.32 Å². The third kappa shape index (κ3) is 3.04. The van der Waals surface area contributed by atoms with Crippen LogP contribution in [-0.2, 0) is 11.3 Å². The Morgan fingerprint density at radius 3 is 2.88 bits per heavy atom. The second-order valence-corrected chi connectivity index (χ2v) is 5.49. The first-order chi connectivity index (χ1) is 8.20. The number of nitrogens with zero attached hydrogens (tertiary/aromatic N) is 1. The molecule has 0 aliphatic heterocycles. The molecule has 2 rings (SSSR count). The number of carbonyl (C=O) groups is 1. The standard InChI is InChI=1S/C12H18N2O2S/c1-8-11(17-10(13-8)7-16-2)12(15)14-9-5-3-4-6-9/h9H,3-7H2,1-2H3,(H,14,15). The molecular formula is C12H18N2O2S. The molecule has 1 aromatic heterocycles. The maximum Gasteiger partial charge on any atom is 0.263 e. The van der Waals surface area contributed by atoms with Crippen LogP contribution in [0.1, 0.15) is 46.1 Å². The molecule has 1 fully saturated rings. The molecule has 0 saturated heterocycles. The zero-order chi connectivity index (χ0) is 12.3. The molecule has 5 heteroatoms. The Morgan fingerprint density at radius 2 is 2.24 bits per heavy atom.